The Morgan fingerprint density at radius 3 is 2.83 bits per heavy atom. The number of nitrogens with two attached hydrogens (primary N) is 1. The summed E-state index contributed by atoms with van der Waals surface area (Å²) in [4.78, 5) is 15.0. The minimum absolute atomic E-state index is 0.158. The van der Waals surface area contributed by atoms with E-state index in [1.165, 1.54) is 18.7 Å². The van der Waals surface area contributed by atoms with E-state index in [9.17, 15) is 5.21 Å². The van der Waals surface area contributed by atoms with Crippen molar-refractivity contribution < 1.29 is 19.1 Å². The lowest BCUT2D eigenvalue weighted by Gasteiger charge is -2.21. The third-order valence-corrected chi connectivity index (χ3v) is 5.58. The molecule has 4 rings (SSSR count). The monoisotopic (exact) mass is 490 g/mol. The number of ether oxygens (including phenoxy) is 1. The van der Waals surface area contributed by atoms with Crippen molar-refractivity contribution in [2.45, 2.75) is 13.0 Å². The van der Waals surface area contributed by atoms with Crippen molar-refractivity contribution in [3.8, 4) is 5.75 Å². The fourth-order valence-electron chi connectivity index (χ4n) is 4.10. The zero-order valence-electron chi connectivity index (χ0n) is 20.6. The van der Waals surface area contributed by atoms with Gasteiger partial charge in [0.15, 0.2) is 5.82 Å². The fourth-order valence-corrected chi connectivity index (χ4v) is 4.10. The van der Waals surface area contributed by atoms with E-state index >= 15 is 4.39 Å². The zero-order chi connectivity index (χ0) is 25.8. The maximum absolute atomic E-state index is 15.4. The first-order valence-electron chi connectivity index (χ1n) is 11.4. The topological polar surface area (TPSA) is 113 Å². The summed E-state index contributed by atoms with van der Waals surface area (Å²) in [7, 11) is 5.60. The second kappa shape index (κ2) is 10.5. The van der Waals surface area contributed by atoms with E-state index in [4.69, 9.17) is 10.5 Å². The number of allylic oxidation sites excluding steroid dienone is 1. The average molecular weight is 491 g/mol. The number of benzene rings is 2. The van der Waals surface area contributed by atoms with Crippen LogP contribution in [0.2, 0.25) is 0 Å². The van der Waals surface area contributed by atoms with Gasteiger partial charge in [0.2, 0.25) is 6.20 Å². The molecule has 9 nitrogen and oxygen atoms in total. The van der Waals surface area contributed by atoms with Crippen LogP contribution >= 0.6 is 0 Å². The Hall–Kier alpha value is -4.31. The molecule has 36 heavy (non-hydrogen) atoms. The number of hydrogen-bond acceptors (Lipinski definition) is 8. The lowest BCUT2D eigenvalue weighted by Crippen LogP contribution is -2.30. The quantitative estimate of drug-likeness (QED) is 0.197. The molecule has 0 saturated carbocycles. The average Bonchev–Trinajstić information content (AvgIpc) is 2.84. The van der Waals surface area contributed by atoms with Gasteiger partial charge in [-0.05, 0) is 50.8 Å². The van der Waals surface area contributed by atoms with Gasteiger partial charge in [0.25, 0.3) is 5.52 Å². The number of pyridine rings is 1. The van der Waals surface area contributed by atoms with Gasteiger partial charge in [0.1, 0.15) is 24.0 Å². The van der Waals surface area contributed by atoms with Crippen molar-refractivity contribution in [1.29, 1.82) is 0 Å². The van der Waals surface area contributed by atoms with Crippen LogP contribution in [-0.2, 0) is 0 Å². The summed E-state index contributed by atoms with van der Waals surface area (Å²) in [5.74, 6) is 0.389. The lowest BCUT2D eigenvalue weighted by atomic mass is 10.0. The van der Waals surface area contributed by atoms with Gasteiger partial charge in [-0.25, -0.2) is 14.4 Å². The number of halogens is 1. The number of fused-ring (bicyclic) bond motifs is 2. The third-order valence-electron chi connectivity index (χ3n) is 5.58. The predicted octanol–water partition coefficient (Wildman–Crippen LogP) is 3.52. The Kier molecular flexibility index (Phi) is 7.25. The molecule has 0 unspecified atom stereocenters. The molecule has 0 aliphatic heterocycles. The van der Waals surface area contributed by atoms with Crippen molar-refractivity contribution in [1.82, 2.24) is 14.9 Å². The van der Waals surface area contributed by atoms with Crippen LogP contribution in [0.25, 0.3) is 27.4 Å². The van der Waals surface area contributed by atoms with Crippen LogP contribution in [0.1, 0.15) is 12.5 Å². The smallest absolute Gasteiger partial charge is 0.267 e. The molecule has 0 fully saturated rings. The van der Waals surface area contributed by atoms with Gasteiger partial charge in [0, 0.05) is 48.4 Å². The number of anilines is 2. The van der Waals surface area contributed by atoms with Crippen LogP contribution in [-0.4, -0.2) is 60.1 Å². The van der Waals surface area contributed by atoms with Gasteiger partial charge in [-0.1, -0.05) is 0 Å². The summed E-state index contributed by atoms with van der Waals surface area (Å²) < 4.78 is 22.6. The van der Waals surface area contributed by atoms with Crippen LogP contribution in [0.15, 0.2) is 60.1 Å². The van der Waals surface area contributed by atoms with Crippen LogP contribution in [0.5, 0.6) is 5.75 Å². The molecular formula is C26H29FN7O2+. The van der Waals surface area contributed by atoms with Crippen LogP contribution in [0.3, 0.4) is 0 Å². The number of rotatable bonds is 8. The minimum Gasteiger partial charge on any atom is -0.489 e. The van der Waals surface area contributed by atoms with Crippen LogP contribution in [0.4, 0.5) is 15.9 Å². The first kappa shape index (κ1) is 24.8. The van der Waals surface area contributed by atoms with E-state index in [-0.39, 0.29) is 17.2 Å². The van der Waals surface area contributed by atoms with Crippen LogP contribution in [0, 0.1) is 5.82 Å². The molecule has 4 aromatic rings. The van der Waals surface area contributed by atoms with Crippen molar-refractivity contribution in [2.75, 3.05) is 33.0 Å². The summed E-state index contributed by atoms with van der Waals surface area (Å²) >= 11 is 0. The molecular weight excluding hydrogens is 461 g/mol. The number of nitrogens with one attached hydrogen (secondary N) is 1. The summed E-state index contributed by atoms with van der Waals surface area (Å²) in [6, 6.07) is 10.1. The number of aliphatic imine (C=N–C) groups is 1. The molecule has 0 amide bonds. The Morgan fingerprint density at radius 2 is 2.11 bits per heavy atom. The van der Waals surface area contributed by atoms with Gasteiger partial charge >= 0.3 is 0 Å². The van der Waals surface area contributed by atoms with E-state index in [2.05, 4.69) is 20.3 Å². The second-order valence-corrected chi connectivity index (χ2v) is 8.63. The van der Waals surface area contributed by atoms with Gasteiger partial charge in [0.05, 0.1) is 22.0 Å². The van der Waals surface area contributed by atoms with Crippen molar-refractivity contribution in [2.24, 2.45) is 10.7 Å². The molecule has 2 aromatic carbocycles. The number of aromatic nitrogens is 3. The third kappa shape index (κ3) is 5.03. The number of likely N-dealkylation sites (N-methyl/N-ethyl adjacent to an activating group) is 1. The highest BCUT2D eigenvalue weighted by Crippen LogP contribution is 2.36. The maximum atomic E-state index is 15.4. The van der Waals surface area contributed by atoms with E-state index in [1.54, 1.807) is 37.5 Å². The Bertz CT molecular complexity index is 1470. The molecule has 1 atom stereocenters. The summed E-state index contributed by atoms with van der Waals surface area (Å²) in [6.07, 6.45) is 5.82. The zero-order valence-corrected chi connectivity index (χ0v) is 20.6. The van der Waals surface area contributed by atoms with E-state index in [1.807, 2.05) is 38.1 Å². The maximum Gasteiger partial charge on any atom is 0.267 e. The molecule has 0 saturated heterocycles. The Morgan fingerprint density at radius 1 is 1.31 bits per heavy atom. The molecule has 2 aromatic heterocycles. The van der Waals surface area contributed by atoms with E-state index in [0.717, 1.165) is 10.3 Å². The SMILES string of the molecule is CN=C/C(=C\N)c1cc(O[C@H](C)CN(C)C)c2c(Nc3ccc4c(ccc[n+]4O)c3F)ncnc2c1. The minimum atomic E-state index is -0.518. The molecule has 10 heteroatoms. The first-order chi connectivity index (χ1) is 17.3. The molecule has 0 aliphatic carbocycles. The second-order valence-electron chi connectivity index (χ2n) is 8.63. The van der Waals surface area contributed by atoms with Gasteiger partial charge in [-0.3, -0.25) is 10.2 Å². The van der Waals surface area contributed by atoms with E-state index < -0.39 is 5.82 Å². The normalized spacial score (nSPS) is 13.1. The standard InChI is InChI=1S/C26H29FN7O2/c1-16(14-33(3)4)36-23-11-17(18(12-28)13-29-2)10-21-24(23)26(31-15-30-21)32-20-7-8-22-19(25(20)27)6-5-9-34(22)35/h5-13,15-16,35H,14,28H2,1-4H3,(H,30,31,32)/q+1/b18-12+,29-13?/t16-/m1/s1. The molecule has 0 bridgehead atoms. The molecule has 0 radical (unpaired) electrons. The highest BCUT2D eigenvalue weighted by atomic mass is 19.1. The Labute approximate surface area is 208 Å². The Balaban J connectivity index is 1.86. The van der Waals surface area contributed by atoms with Gasteiger partial charge in [-0.2, -0.15) is 0 Å². The molecule has 2 heterocycles. The number of hydrogen-bond donors (Lipinski definition) is 3. The van der Waals surface area contributed by atoms with Crippen molar-refractivity contribution >= 4 is 45.1 Å². The summed E-state index contributed by atoms with van der Waals surface area (Å²) in [5.41, 5.74) is 8.47. The fraction of sp³-hybridized carbons (Fsp3) is 0.231. The lowest BCUT2D eigenvalue weighted by molar-refractivity contribution is -0.884. The van der Waals surface area contributed by atoms with Crippen molar-refractivity contribution in [3.63, 3.8) is 0 Å². The summed E-state index contributed by atoms with van der Waals surface area (Å²) in [5, 5.41) is 14.0. The molecule has 0 spiro atoms. The largest absolute Gasteiger partial charge is 0.489 e. The van der Waals surface area contributed by atoms with Crippen molar-refractivity contribution in [3.05, 3.63) is 66.5 Å². The molecule has 4 N–H and O–H groups in total. The predicted molar refractivity (Wildman–Crippen MR) is 139 cm³/mol. The summed E-state index contributed by atoms with van der Waals surface area (Å²) in [6.45, 7) is 2.65. The van der Waals surface area contributed by atoms with Crippen LogP contribution < -0.4 is 20.5 Å². The number of nitrogens with zero attached hydrogens (tertiary/aromatic N) is 5. The molecule has 186 valence electrons. The highest BCUT2D eigenvalue weighted by Gasteiger charge is 2.19. The van der Waals surface area contributed by atoms with E-state index in [0.29, 0.717) is 40.1 Å². The first-order valence-corrected chi connectivity index (χ1v) is 11.4. The highest BCUT2D eigenvalue weighted by molar-refractivity contribution is 6.11. The van der Waals surface area contributed by atoms with Gasteiger partial charge < -0.3 is 20.7 Å². The van der Waals surface area contributed by atoms with Gasteiger partial charge in [-0.15, -0.1) is 0 Å². The molecule has 0 aliphatic rings.